The van der Waals surface area contributed by atoms with Gasteiger partial charge in [0.2, 0.25) is 0 Å². The van der Waals surface area contributed by atoms with Gasteiger partial charge in [-0.05, 0) is 76.9 Å². The normalized spacial score (nSPS) is 13.2. The first-order chi connectivity index (χ1) is 12.0. The lowest BCUT2D eigenvalue weighted by atomic mass is 9.93. The Hall–Kier alpha value is -2.29. The average Bonchev–Trinajstić information content (AvgIpc) is 2.53. The van der Waals surface area contributed by atoms with Crippen LogP contribution in [0.4, 0.5) is 0 Å². The zero-order valence-electron chi connectivity index (χ0n) is 16.9. The summed E-state index contributed by atoms with van der Waals surface area (Å²) >= 11 is 0. The molecule has 0 heterocycles. The van der Waals surface area contributed by atoms with Crippen LogP contribution in [-0.2, 0) is 4.79 Å². The Kier molecular flexibility index (Phi) is 5.80. The van der Waals surface area contributed by atoms with Crippen molar-refractivity contribution in [2.75, 3.05) is 0 Å². The Bertz CT molecular complexity index is 729. The quantitative estimate of drug-likeness (QED) is 0.501. The van der Waals surface area contributed by atoms with Crippen molar-refractivity contribution in [1.29, 1.82) is 0 Å². The van der Waals surface area contributed by atoms with Crippen molar-refractivity contribution in [2.45, 2.75) is 60.0 Å². The maximum atomic E-state index is 12.0. The first-order valence-electron chi connectivity index (χ1n) is 9.07. The minimum atomic E-state index is -0.511. The number of ether oxygens (including phenoxy) is 2. The highest BCUT2D eigenvalue weighted by Crippen LogP contribution is 2.28. The number of rotatable bonds is 4. The second kappa shape index (κ2) is 7.53. The van der Waals surface area contributed by atoms with E-state index >= 15 is 0 Å². The average molecular weight is 354 g/mol. The van der Waals surface area contributed by atoms with Crippen LogP contribution in [0.15, 0.2) is 48.5 Å². The fraction of sp³-hybridized carbons (Fsp3) is 0.435. The van der Waals surface area contributed by atoms with Gasteiger partial charge in [-0.15, -0.1) is 0 Å². The van der Waals surface area contributed by atoms with Gasteiger partial charge in [0.05, 0.1) is 5.41 Å². The molecule has 0 aliphatic rings. The number of carbonyl (C=O) groups is 1. The predicted octanol–water partition coefficient (Wildman–Crippen LogP) is 5.97. The smallest absolute Gasteiger partial charge is 0.316 e. The van der Waals surface area contributed by atoms with Crippen LogP contribution < -0.4 is 9.47 Å². The maximum Gasteiger partial charge on any atom is 0.316 e. The van der Waals surface area contributed by atoms with Gasteiger partial charge in [-0.25, -0.2) is 0 Å². The Labute approximate surface area is 157 Å². The van der Waals surface area contributed by atoms with Gasteiger partial charge in [-0.2, -0.15) is 0 Å². The molecular weight excluding hydrogens is 324 g/mol. The maximum absolute atomic E-state index is 12.0. The molecule has 1 atom stereocenters. The molecule has 2 rings (SSSR count). The molecule has 3 nitrogen and oxygen atoms in total. The van der Waals surface area contributed by atoms with E-state index in [0.717, 1.165) is 5.75 Å². The second-order valence-corrected chi connectivity index (χ2v) is 8.71. The molecule has 0 bridgehead atoms. The van der Waals surface area contributed by atoms with Gasteiger partial charge in [0.15, 0.2) is 0 Å². The Balaban J connectivity index is 2.07. The van der Waals surface area contributed by atoms with Gasteiger partial charge in [-0.3, -0.25) is 4.79 Å². The first kappa shape index (κ1) is 20.0. The van der Waals surface area contributed by atoms with Crippen LogP contribution in [0.25, 0.3) is 0 Å². The molecule has 0 saturated carbocycles. The molecule has 0 N–H and O–H groups in total. The zero-order chi connectivity index (χ0) is 19.5. The number of hydrogen-bond acceptors (Lipinski definition) is 3. The molecule has 0 aliphatic carbocycles. The van der Waals surface area contributed by atoms with E-state index in [2.05, 4.69) is 19.1 Å². The van der Waals surface area contributed by atoms with Crippen molar-refractivity contribution in [3.8, 4) is 11.5 Å². The summed E-state index contributed by atoms with van der Waals surface area (Å²) in [5.74, 6) is 1.46. The van der Waals surface area contributed by atoms with Gasteiger partial charge in [0, 0.05) is 5.92 Å². The van der Waals surface area contributed by atoms with E-state index in [1.54, 1.807) is 0 Å². The summed E-state index contributed by atoms with van der Waals surface area (Å²) in [5, 5.41) is 0. The van der Waals surface area contributed by atoms with E-state index in [9.17, 15) is 4.79 Å². The minimum absolute atomic E-state index is 0.201. The summed E-state index contributed by atoms with van der Waals surface area (Å²) in [6.07, 6.45) is 0. The second-order valence-electron chi connectivity index (χ2n) is 8.71. The lowest BCUT2D eigenvalue weighted by molar-refractivity contribution is -0.142. The number of benzene rings is 2. The lowest BCUT2D eigenvalue weighted by Crippen LogP contribution is -2.25. The van der Waals surface area contributed by atoms with E-state index in [1.165, 1.54) is 11.1 Å². The third kappa shape index (κ3) is 5.62. The largest absolute Gasteiger partial charge is 0.488 e. The van der Waals surface area contributed by atoms with Crippen LogP contribution >= 0.6 is 0 Å². The highest BCUT2D eigenvalue weighted by molar-refractivity contribution is 5.77. The molecule has 1 unspecified atom stereocenters. The Morgan fingerprint density at radius 3 is 1.58 bits per heavy atom. The summed E-state index contributed by atoms with van der Waals surface area (Å²) in [7, 11) is 0. The van der Waals surface area contributed by atoms with Crippen molar-refractivity contribution in [3.63, 3.8) is 0 Å². The molecule has 0 saturated heterocycles. The van der Waals surface area contributed by atoms with Crippen molar-refractivity contribution in [1.82, 2.24) is 0 Å². The van der Waals surface area contributed by atoms with Crippen LogP contribution in [0.2, 0.25) is 0 Å². The molecule has 0 radical (unpaired) electrons. The van der Waals surface area contributed by atoms with Crippen LogP contribution in [0.3, 0.4) is 0 Å². The standard InChI is InChI=1S/C23H30O3/c1-16(18-10-14-20(15-11-18)26-23(5,6)7)17-8-12-19(13-9-17)25-21(24)22(2,3)4/h8-16H,1-7H3. The van der Waals surface area contributed by atoms with Crippen molar-refractivity contribution >= 4 is 5.97 Å². The molecular formula is C23H30O3. The number of esters is 1. The molecule has 2 aromatic carbocycles. The van der Waals surface area contributed by atoms with Gasteiger partial charge in [0.25, 0.3) is 0 Å². The van der Waals surface area contributed by atoms with E-state index in [4.69, 9.17) is 9.47 Å². The highest BCUT2D eigenvalue weighted by atomic mass is 16.5. The predicted molar refractivity (Wildman–Crippen MR) is 106 cm³/mol. The van der Waals surface area contributed by atoms with E-state index in [0.29, 0.717) is 5.75 Å². The van der Waals surface area contributed by atoms with E-state index in [-0.39, 0.29) is 17.5 Å². The molecule has 26 heavy (non-hydrogen) atoms. The molecule has 2 aromatic rings. The van der Waals surface area contributed by atoms with Crippen LogP contribution in [0, 0.1) is 5.41 Å². The summed E-state index contributed by atoms with van der Waals surface area (Å²) in [5.41, 5.74) is 1.67. The molecule has 0 fully saturated rings. The van der Waals surface area contributed by atoms with Gasteiger partial charge in [0.1, 0.15) is 17.1 Å². The van der Waals surface area contributed by atoms with Gasteiger partial charge >= 0.3 is 5.97 Å². The fourth-order valence-corrected chi connectivity index (χ4v) is 2.46. The molecule has 0 amide bonds. The molecule has 140 valence electrons. The lowest BCUT2D eigenvalue weighted by Gasteiger charge is -2.22. The molecule has 0 aromatic heterocycles. The third-order valence-electron chi connectivity index (χ3n) is 4.01. The fourth-order valence-electron chi connectivity index (χ4n) is 2.46. The molecule has 0 aliphatic heterocycles. The van der Waals surface area contributed by atoms with Crippen LogP contribution in [0.1, 0.15) is 65.5 Å². The Morgan fingerprint density at radius 2 is 1.19 bits per heavy atom. The van der Waals surface area contributed by atoms with Gasteiger partial charge < -0.3 is 9.47 Å². The van der Waals surface area contributed by atoms with E-state index < -0.39 is 5.41 Å². The van der Waals surface area contributed by atoms with Crippen LogP contribution in [0.5, 0.6) is 11.5 Å². The van der Waals surface area contributed by atoms with Crippen molar-refractivity contribution < 1.29 is 14.3 Å². The summed E-state index contributed by atoms with van der Waals surface area (Å²) < 4.78 is 11.3. The van der Waals surface area contributed by atoms with Crippen molar-refractivity contribution in [2.24, 2.45) is 5.41 Å². The van der Waals surface area contributed by atoms with Crippen LogP contribution in [-0.4, -0.2) is 11.6 Å². The monoisotopic (exact) mass is 354 g/mol. The number of carbonyl (C=O) groups excluding carboxylic acids is 1. The summed E-state index contributed by atoms with van der Waals surface area (Å²) in [6, 6.07) is 15.9. The molecule has 0 spiro atoms. The topological polar surface area (TPSA) is 35.5 Å². The third-order valence-corrected chi connectivity index (χ3v) is 4.01. The Morgan fingerprint density at radius 1 is 0.769 bits per heavy atom. The minimum Gasteiger partial charge on any atom is -0.488 e. The van der Waals surface area contributed by atoms with Crippen molar-refractivity contribution in [3.05, 3.63) is 59.7 Å². The first-order valence-corrected chi connectivity index (χ1v) is 9.07. The summed E-state index contributed by atoms with van der Waals surface area (Å²) in [4.78, 5) is 12.0. The molecule has 3 heteroatoms. The zero-order valence-corrected chi connectivity index (χ0v) is 16.9. The van der Waals surface area contributed by atoms with E-state index in [1.807, 2.05) is 77.9 Å². The van der Waals surface area contributed by atoms with Gasteiger partial charge in [-0.1, -0.05) is 31.2 Å². The SMILES string of the molecule is CC(c1ccc(OC(=O)C(C)(C)C)cc1)c1ccc(OC(C)(C)C)cc1. The highest BCUT2D eigenvalue weighted by Gasteiger charge is 2.23. The number of hydrogen-bond donors (Lipinski definition) is 0. The summed E-state index contributed by atoms with van der Waals surface area (Å²) in [6.45, 7) is 13.8.